The lowest BCUT2D eigenvalue weighted by molar-refractivity contribution is 0.395. The van der Waals surface area contributed by atoms with E-state index in [1.165, 1.54) is 24.2 Å². The summed E-state index contributed by atoms with van der Waals surface area (Å²) in [5.41, 5.74) is 2.35. The molecule has 1 aliphatic carbocycles. The van der Waals surface area contributed by atoms with Gasteiger partial charge in [-0.1, -0.05) is 23.7 Å². The van der Waals surface area contributed by atoms with Gasteiger partial charge >= 0.3 is 0 Å². The highest BCUT2D eigenvalue weighted by Crippen LogP contribution is 2.43. The summed E-state index contributed by atoms with van der Waals surface area (Å²) in [5.74, 6) is 2.72. The van der Waals surface area contributed by atoms with Gasteiger partial charge in [-0.05, 0) is 25.0 Å². The molecule has 0 atom stereocenters. The van der Waals surface area contributed by atoms with E-state index in [1.54, 1.807) is 12.5 Å². The second-order valence-electron chi connectivity index (χ2n) is 6.36. The SMILES string of the molecule is Clc1cncnc1N1CC(n2c(C3CC3)nc3ccccc32)C1. The van der Waals surface area contributed by atoms with E-state index >= 15 is 0 Å². The molecule has 0 unspecified atom stereocenters. The van der Waals surface area contributed by atoms with E-state index in [0.717, 1.165) is 24.4 Å². The van der Waals surface area contributed by atoms with Gasteiger partial charge in [-0.25, -0.2) is 15.0 Å². The third-order valence-electron chi connectivity index (χ3n) is 4.74. The molecule has 1 aromatic carbocycles. The fraction of sp³-hybridized carbons (Fsp3) is 0.353. The van der Waals surface area contributed by atoms with E-state index < -0.39 is 0 Å². The Bertz CT molecular complexity index is 880. The van der Waals surface area contributed by atoms with Crippen LogP contribution in [-0.2, 0) is 0 Å². The topological polar surface area (TPSA) is 46.8 Å². The number of imidazole rings is 1. The molecule has 1 saturated heterocycles. The standard InChI is InChI=1S/C17H16ClN5/c18-13-7-19-10-20-17(13)22-8-12(9-22)23-15-4-2-1-3-14(15)21-16(23)11-5-6-11/h1-4,7,10-12H,5-6,8-9H2. The van der Waals surface area contributed by atoms with Crippen LogP contribution in [0.3, 0.4) is 0 Å². The van der Waals surface area contributed by atoms with Crippen LogP contribution in [-0.4, -0.2) is 32.6 Å². The summed E-state index contributed by atoms with van der Waals surface area (Å²) >= 11 is 6.21. The van der Waals surface area contributed by atoms with Crippen LogP contribution in [0.4, 0.5) is 5.82 Å². The van der Waals surface area contributed by atoms with Gasteiger partial charge in [0.2, 0.25) is 0 Å². The highest BCUT2D eigenvalue weighted by atomic mass is 35.5. The maximum Gasteiger partial charge on any atom is 0.150 e. The molecular weight excluding hydrogens is 310 g/mol. The van der Waals surface area contributed by atoms with E-state index in [4.69, 9.17) is 16.6 Å². The molecule has 116 valence electrons. The molecular formula is C17H16ClN5. The molecule has 5 nitrogen and oxygen atoms in total. The van der Waals surface area contributed by atoms with E-state index in [-0.39, 0.29) is 0 Å². The van der Waals surface area contributed by atoms with Crippen molar-refractivity contribution in [2.24, 2.45) is 0 Å². The van der Waals surface area contributed by atoms with Crippen molar-refractivity contribution in [3.8, 4) is 0 Å². The van der Waals surface area contributed by atoms with Crippen molar-refractivity contribution in [2.45, 2.75) is 24.8 Å². The Hall–Kier alpha value is -2.14. The van der Waals surface area contributed by atoms with Gasteiger partial charge in [0.05, 0.1) is 23.3 Å². The first-order chi connectivity index (χ1) is 11.3. The number of nitrogens with zero attached hydrogens (tertiary/aromatic N) is 5. The van der Waals surface area contributed by atoms with E-state index in [2.05, 4.69) is 43.7 Å². The van der Waals surface area contributed by atoms with Crippen LogP contribution in [0.25, 0.3) is 11.0 Å². The molecule has 1 saturated carbocycles. The Morgan fingerprint density at radius 1 is 1.13 bits per heavy atom. The Morgan fingerprint density at radius 2 is 1.96 bits per heavy atom. The third kappa shape index (κ3) is 2.10. The van der Waals surface area contributed by atoms with Crippen LogP contribution in [0, 0.1) is 0 Å². The predicted octanol–water partition coefficient (Wildman–Crippen LogP) is 3.42. The minimum atomic E-state index is 0.434. The monoisotopic (exact) mass is 325 g/mol. The number of hydrogen-bond donors (Lipinski definition) is 0. The smallest absolute Gasteiger partial charge is 0.150 e. The number of halogens is 1. The number of hydrogen-bond acceptors (Lipinski definition) is 4. The van der Waals surface area contributed by atoms with Crippen LogP contribution >= 0.6 is 11.6 Å². The quantitative estimate of drug-likeness (QED) is 0.740. The first kappa shape index (κ1) is 13.3. The summed E-state index contributed by atoms with van der Waals surface area (Å²) < 4.78 is 2.44. The van der Waals surface area contributed by atoms with Crippen LogP contribution in [0.5, 0.6) is 0 Å². The van der Waals surface area contributed by atoms with Crippen molar-refractivity contribution in [1.29, 1.82) is 0 Å². The summed E-state index contributed by atoms with van der Waals surface area (Å²) in [6.45, 7) is 1.83. The predicted molar refractivity (Wildman–Crippen MR) is 90.0 cm³/mol. The summed E-state index contributed by atoms with van der Waals surface area (Å²) in [5, 5.41) is 0.615. The molecule has 0 bridgehead atoms. The average Bonchev–Trinajstić information content (AvgIpc) is 3.30. The highest BCUT2D eigenvalue weighted by Gasteiger charge is 2.37. The van der Waals surface area contributed by atoms with Gasteiger partial charge in [0.1, 0.15) is 17.2 Å². The Balaban J connectivity index is 1.49. The average molecular weight is 326 g/mol. The summed E-state index contributed by atoms with van der Waals surface area (Å²) in [4.78, 5) is 15.4. The van der Waals surface area contributed by atoms with E-state index in [9.17, 15) is 0 Å². The molecule has 1 aliphatic heterocycles. The first-order valence-electron chi connectivity index (χ1n) is 7.98. The lowest BCUT2D eigenvalue weighted by Crippen LogP contribution is -2.48. The molecule has 0 amide bonds. The molecule has 23 heavy (non-hydrogen) atoms. The molecule has 6 heteroatoms. The first-order valence-corrected chi connectivity index (χ1v) is 8.36. The summed E-state index contributed by atoms with van der Waals surface area (Å²) in [6.07, 6.45) is 5.73. The molecule has 0 N–H and O–H groups in total. The number of fused-ring (bicyclic) bond motifs is 1. The van der Waals surface area contributed by atoms with Crippen LogP contribution in [0.15, 0.2) is 36.8 Å². The van der Waals surface area contributed by atoms with Crippen molar-refractivity contribution in [1.82, 2.24) is 19.5 Å². The van der Waals surface area contributed by atoms with Gasteiger partial charge in [-0.2, -0.15) is 0 Å². The van der Waals surface area contributed by atoms with Gasteiger partial charge in [-0.3, -0.25) is 0 Å². The Kier molecular flexibility index (Phi) is 2.85. The Morgan fingerprint density at radius 3 is 2.74 bits per heavy atom. The van der Waals surface area contributed by atoms with Gasteiger partial charge in [0.15, 0.2) is 5.82 Å². The third-order valence-corrected chi connectivity index (χ3v) is 5.01. The molecule has 0 spiro atoms. The maximum absolute atomic E-state index is 6.21. The maximum atomic E-state index is 6.21. The highest BCUT2D eigenvalue weighted by molar-refractivity contribution is 6.32. The van der Waals surface area contributed by atoms with Gasteiger partial charge in [-0.15, -0.1) is 0 Å². The number of benzene rings is 1. The fourth-order valence-corrected chi connectivity index (χ4v) is 3.63. The molecule has 3 heterocycles. The van der Waals surface area contributed by atoms with Crippen molar-refractivity contribution < 1.29 is 0 Å². The van der Waals surface area contributed by atoms with Gasteiger partial charge < -0.3 is 9.47 Å². The second kappa shape index (κ2) is 4.93. The van der Waals surface area contributed by atoms with Crippen molar-refractivity contribution in [2.75, 3.05) is 18.0 Å². The van der Waals surface area contributed by atoms with Crippen molar-refractivity contribution >= 4 is 28.5 Å². The number of anilines is 1. The summed E-state index contributed by atoms with van der Waals surface area (Å²) in [7, 11) is 0. The van der Waals surface area contributed by atoms with E-state index in [0.29, 0.717) is 17.0 Å². The van der Waals surface area contributed by atoms with Gasteiger partial charge in [0, 0.05) is 19.0 Å². The molecule has 3 aromatic rings. The second-order valence-corrected chi connectivity index (χ2v) is 6.76. The van der Waals surface area contributed by atoms with Gasteiger partial charge in [0.25, 0.3) is 0 Å². The van der Waals surface area contributed by atoms with Crippen molar-refractivity contribution in [3.05, 3.63) is 47.6 Å². The zero-order chi connectivity index (χ0) is 15.4. The van der Waals surface area contributed by atoms with Crippen LogP contribution < -0.4 is 4.90 Å². The molecule has 2 aromatic heterocycles. The minimum absolute atomic E-state index is 0.434. The minimum Gasteiger partial charge on any atom is -0.351 e. The molecule has 0 radical (unpaired) electrons. The van der Waals surface area contributed by atoms with E-state index in [1.807, 2.05) is 0 Å². The number of para-hydroxylation sites is 2. The van der Waals surface area contributed by atoms with Crippen LogP contribution in [0.1, 0.15) is 30.6 Å². The zero-order valence-corrected chi connectivity index (χ0v) is 13.3. The largest absolute Gasteiger partial charge is 0.351 e. The molecule has 5 rings (SSSR count). The lowest BCUT2D eigenvalue weighted by Gasteiger charge is -2.41. The zero-order valence-electron chi connectivity index (χ0n) is 12.6. The molecule has 2 aliphatic rings. The Labute approximate surface area is 138 Å². The number of aromatic nitrogens is 4. The van der Waals surface area contributed by atoms with Crippen LogP contribution in [0.2, 0.25) is 5.02 Å². The normalized spacial score (nSPS) is 18.4. The lowest BCUT2D eigenvalue weighted by atomic mass is 10.1. The molecule has 2 fully saturated rings. The fourth-order valence-electron chi connectivity index (χ4n) is 3.41. The summed E-state index contributed by atoms with van der Waals surface area (Å²) in [6, 6.07) is 8.87. The van der Waals surface area contributed by atoms with Crippen molar-refractivity contribution in [3.63, 3.8) is 0 Å². The number of rotatable bonds is 3.